The molecule has 2 heterocycles. The third-order valence-corrected chi connectivity index (χ3v) is 11.1. The number of Topliss-reactive ketones (excluding diaryl/α,β-unsaturated/α-hetero) is 1. The molecule has 2 aliphatic rings. The molecule has 2 aliphatic heterocycles. The fraction of sp³-hybridized carbons (Fsp3) is 0.757. The number of carboxylic acid groups (broad SMARTS) is 1. The van der Waals surface area contributed by atoms with E-state index in [2.05, 4.69) is 13.8 Å². The van der Waals surface area contributed by atoms with Crippen LogP contribution in [0.5, 0.6) is 5.75 Å². The van der Waals surface area contributed by atoms with Gasteiger partial charge in [-0.1, -0.05) is 60.6 Å². The van der Waals surface area contributed by atoms with Crippen LogP contribution in [0.2, 0.25) is 0 Å². The third kappa shape index (κ3) is 7.86. The van der Waals surface area contributed by atoms with E-state index in [0.717, 1.165) is 12.8 Å². The molecular formula is C37H58O9. The highest BCUT2D eigenvalue weighted by Crippen LogP contribution is 2.48. The highest BCUT2D eigenvalue weighted by atomic mass is 16.6. The molecule has 260 valence electrons. The van der Waals surface area contributed by atoms with Crippen LogP contribution >= 0.6 is 0 Å². The Labute approximate surface area is 275 Å². The van der Waals surface area contributed by atoms with Crippen LogP contribution in [0.1, 0.15) is 128 Å². The zero-order valence-electron chi connectivity index (χ0n) is 29.4. The molecule has 0 aliphatic carbocycles. The van der Waals surface area contributed by atoms with Crippen LogP contribution < -0.4 is 4.74 Å². The second kappa shape index (κ2) is 15.7. The van der Waals surface area contributed by atoms with Crippen LogP contribution in [0.4, 0.5) is 0 Å². The summed E-state index contributed by atoms with van der Waals surface area (Å²) in [5, 5.41) is 32.3. The van der Waals surface area contributed by atoms with E-state index in [1.165, 1.54) is 0 Å². The Morgan fingerprint density at radius 1 is 1.09 bits per heavy atom. The van der Waals surface area contributed by atoms with Crippen molar-refractivity contribution in [2.75, 3.05) is 0 Å². The maximum absolute atomic E-state index is 14.0. The van der Waals surface area contributed by atoms with Crippen LogP contribution in [0.3, 0.4) is 0 Å². The smallest absolute Gasteiger partial charge is 0.339 e. The number of hydrogen-bond acceptors (Lipinski definition) is 8. The highest BCUT2D eigenvalue weighted by molar-refractivity contribution is 5.94. The summed E-state index contributed by atoms with van der Waals surface area (Å²) < 4.78 is 18.7. The zero-order chi connectivity index (χ0) is 34.6. The topological polar surface area (TPSA) is 140 Å². The molecule has 10 atom stereocenters. The molecule has 0 radical (unpaired) electrons. The lowest BCUT2D eigenvalue weighted by atomic mass is 9.76. The number of esters is 1. The molecule has 2 fully saturated rings. The van der Waals surface area contributed by atoms with Gasteiger partial charge in [-0.2, -0.15) is 0 Å². The van der Waals surface area contributed by atoms with E-state index in [-0.39, 0.29) is 59.6 Å². The number of benzene rings is 1. The summed E-state index contributed by atoms with van der Waals surface area (Å²) in [7, 11) is 0. The van der Waals surface area contributed by atoms with Gasteiger partial charge >= 0.3 is 11.9 Å². The molecule has 0 aromatic heterocycles. The molecule has 2 saturated heterocycles. The predicted molar refractivity (Wildman–Crippen MR) is 176 cm³/mol. The number of aryl methyl sites for hydroxylation is 2. The largest absolute Gasteiger partial charge is 0.478 e. The van der Waals surface area contributed by atoms with E-state index in [1.54, 1.807) is 32.9 Å². The molecule has 1 aromatic rings. The third-order valence-electron chi connectivity index (χ3n) is 11.1. The van der Waals surface area contributed by atoms with Crippen molar-refractivity contribution >= 4 is 17.7 Å². The molecule has 0 bridgehead atoms. The van der Waals surface area contributed by atoms with Crippen molar-refractivity contribution in [3.8, 4) is 5.75 Å². The van der Waals surface area contributed by atoms with Crippen LogP contribution in [0, 0.1) is 30.6 Å². The van der Waals surface area contributed by atoms with Gasteiger partial charge in [0.05, 0.1) is 35.6 Å². The fourth-order valence-corrected chi connectivity index (χ4v) is 7.75. The first-order chi connectivity index (χ1) is 21.6. The SMILES string of the molecule is CCC(=O)Oc1c(C)ccc(CC[C@@H](C)[C@H](O)[C@H](C)C(=O)[C@H](CC)[C@H]2O[C@](CC)([C@H]3CC[C@](O)(CC)[C@H](C)O3)C[C@@H]2C)c1C(=O)O. The molecule has 0 spiro atoms. The molecule has 0 unspecified atom stereocenters. The second-order valence-electron chi connectivity index (χ2n) is 14.0. The van der Waals surface area contributed by atoms with Crippen molar-refractivity contribution in [3.05, 3.63) is 28.8 Å². The van der Waals surface area contributed by atoms with Crippen molar-refractivity contribution in [3.63, 3.8) is 0 Å². The number of aliphatic hydroxyl groups excluding tert-OH is 1. The number of aromatic carboxylic acids is 1. The van der Waals surface area contributed by atoms with E-state index in [1.807, 2.05) is 27.7 Å². The van der Waals surface area contributed by atoms with Crippen LogP contribution in [0.15, 0.2) is 12.1 Å². The number of ketones is 1. The normalized spacial score (nSPS) is 30.8. The van der Waals surface area contributed by atoms with Crippen molar-refractivity contribution in [2.24, 2.45) is 23.7 Å². The summed E-state index contributed by atoms with van der Waals surface area (Å²) >= 11 is 0. The van der Waals surface area contributed by atoms with Gasteiger partial charge in [-0.05, 0) is 88.2 Å². The summed E-state index contributed by atoms with van der Waals surface area (Å²) in [5.74, 6) is -2.87. The number of rotatable bonds is 15. The Kier molecular flexibility index (Phi) is 13.0. The molecule has 0 amide bonds. The number of carbonyl (C=O) groups excluding carboxylic acids is 2. The number of ether oxygens (including phenoxy) is 3. The molecule has 3 N–H and O–H groups in total. The zero-order valence-corrected chi connectivity index (χ0v) is 29.4. The standard InChI is InChI=1S/C37H58O9/c1-10-27(33-23(7)20-37(13-4,46-33)28-18-19-36(43,12-3)25(9)44-28)32(40)24(8)31(39)21(5)14-16-26-17-15-22(6)34(30(26)35(41)42)45-29(38)11-2/h15,17,21,23-25,27-28,31,33,39,43H,10-14,16,18-20H2,1-9H3,(H,41,42)/t21-,23+,24+,25+,27+,28-,31+,33+,36-,37+/m1/s1. The van der Waals surface area contributed by atoms with E-state index in [0.29, 0.717) is 49.7 Å². The van der Waals surface area contributed by atoms with Crippen molar-refractivity contribution in [1.82, 2.24) is 0 Å². The first kappa shape index (κ1) is 38.1. The van der Waals surface area contributed by atoms with Crippen molar-refractivity contribution in [1.29, 1.82) is 0 Å². The summed E-state index contributed by atoms with van der Waals surface area (Å²) in [6.07, 6.45) is 3.28. The Morgan fingerprint density at radius 2 is 1.76 bits per heavy atom. The molecule has 3 rings (SSSR count). The maximum atomic E-state index is 14.0. The minimum absolute atomic E-state index is 0.0285. The van der Waals surface area contributed by atoms with Gasteiger partial charge in [-0.25, -0.2) is 4.79 Å². The lowest BCUT2D eigenvalue weighted by Gasteiger charge is -2.47. The van der Waals surface area contributed by atoms with E-state index in [4.69, 9.17) is 14.2 Å². The minimum atomic E-state index is -1.18. The van der Waals surface area contributed by atoms with Crippen molar-refractivity contribution < 1.29 is 43.9 Å². The monoisotopic (exact) mass is 646 g/mol. The van der Waals surface area contributed by atoms with Gasteiger partial charge in [0.2, 0.25) is 0 Å². The van der Waals surface area contributed by atoms with Crippen molar-refractivity contribution in [2.45, 2.75) is 156 Å². The van der Waals surface area contributed by atoms with Gasteiger partial charge in [-0.3, -0.25) is 9.59 Å². The number of hydrogen-bond donors (Lipinski definition) is 3. The van der Waals surface area contributed by atoms with E-state index < -0.39 is 35.2 Å². The first-order valence-corrected chi connectivity index (χ1v) is 17.4. The average Bonchev–Trinajstić information content (AvgIpc) is 3.38. The molecule has 1 aromatic carbocycles. The number of aliphatic hydroxyl groups is 2. The second-order valence-corrected chi connectivity index (χ2v) is 14.0. The molecular weight excluding hydrogens is 588 g/mol. The Balaban J connectivity index is 1.71. The first-order valence-electron chi connectivity index (χ1n) is 17.4. The molecule has 46 heavy (non-hydrogen) atoms. The quantitative estimate of drug-likeness (QED) is 0.145. The minimum Gasteiger partial charge on any atom is -0.478 e. The van der Waals surface area contributed by atoms with Gasteiger partial charge in [0.15, 0.2) is 0 Å². The molecule has 9 heteroatoms. The van der Waals surface area contributed by atoms with Gasteiger partial charge in [-0.15, -0.1) is 0 Å². The van der Waals surface area contributed by atoms with Crippen LogP contribution in [-0.2, 0) is 25.5 Å². The van der Waals surface area contributed by atoms with Gasteiger partial charge in [0.25, 0.3) is 0 Å². The predicted octanol–water partition coefficient (Wildman–Crippen LogP) is 6.45. The summed E-state index contributed by atoms with van der Waals surface area (Å²) in [6, 6.07) is 3.46. The summed E-state index contributed by atoms with van der Waals surface area (Å²) in [5.41, 5.74) is -0.333. The molecule has 0 saturated carbocycles. The van der Waals surface area contributed by atoms with E-state index >= 15 is 0 Å². The lowest BCUT2D eigenvalue weighted by molar-refractivity contribution is -0.229. The van der Waals surface area contributed by atoms with Gasteiger partial charge in [0, 0.05) is 18.3 Å². The fourth-order valence-electron chi connectivity index (χ4n) is 7.75. The Bertz CT molecular complexity index is 1230. The van der Waals surface area contributed by atoms with Gasteiger partial charge in [0.1, 0.15) is 17.1 Å². The van der Waals surface area contributed by atoms with E-state index in [9.17, 15) is 29.7 Å². The number of carbonyl (C=O) groups is 3. The Morgan fingerprint density at radius 3 is 2.30 bits per heavy atom. The highest BCUT2D eigenvalue weighted by Gasteiger charge is 2.55. The molecule has 9 nitrogen and oxygen atoms in total. The van der Waals surface area contributed by atoms with Crippen LogP contribution in [-0.4, -0.2) is 68.7 Å². The van der Waals surface area contributed by atoms with Gasteiger partial charge < -0.3 is 29.5 Å². The summed E-state index contributed by atoms with van der Waals surface area (Å²) in [4.78, 5) is 38.2. The summed E-state index contributed by atoms with van der Waals surface area (Å²) in [6.45, 7) is 17.1. The average molecular weight is 647 g/mol. The maximum Gasteiger partial charge on any atom is 0.339 e. The number of carboxylic acids is 1. The lowest BCUT2D eigenvalue weighted by Crippen LogP contribution is -2.55. The van der Waals surface area contributed by atoms with Crippen LogP contribution in [0.25, 0.3) is 0 Å². The Hall–Kier alpha value is -2.33.